The number of hydrogen-bond donors (Lipinski definition) is 0. The Balaban J connectivity index is 1.97. The van der Waals surface area contributed by atoms with E-state index in [2.05, 4.69) is 4.74 Å². The van der Waals surface area contributed by atoms with Gasteiger partial charge in [0.15, 0.2) is 16.6 Å². The molecular weight excluding hydrogens is 378 g/mol. The standard InChI is InChI=1S/C17H15NO6S2/c1-18(26(21)11-6-4-5-10(7-11)22-2)15-9-13-14(25-15)8-12(16(19)23-3)17(20)24-13/h4-9H,1-3H3. The summed E-state index contributed by atoms with van der Waals surface area (Å²) in [5.41, 5.74) is -0.632. The number of thiophene rings is 1. The first kappa shape index (κ1) is 18.2. The second kappa shape index (κ2) is 7.30. The predicted octanol–water partition coefficient (Wildman–Crippen LogP) is 2.81. The quantitative estimate of drug-likeness (QED) is 0.620. The van der Waals surface area contributed by atoms with E-state index < -0.39 is 22.6 Å². The van der Waals surface area contributed by atoms with Crippen LogP contribution in [0.5, 0.6) is 5.75 Å². The largest absolute Gasteiger partial charge is 0.497 e. The van der Waals surface area contributed by atoms with Crippen LogP contribution in [0.4, 0.5) is 5.00 Å². The fourth-order valence-electron chi connectivity index (χ4n) is 2.26. The summed E-state index contributed by atoms with van der Waals surface area (Å²) < 4.78 is 29.8. The van der Waals surface area contributed by atoms with E-state index in [1.807, 2.05) is 0 Å². The van der Waals surface area contributed by atoms with Crippen LogP contribution in [0.1, 0.15) is 10.4 Å². The van der Waals surface area contributed by atoms with Crippen LogP contribution in [-0.4, -0.2) is 31.4 Å². The van der Waals surface area contributed by atoms with Gasteiger partial charge < -0.3 is 13.9 Å². The SMILES string of the molecule is COC(=O)c1cc2sc(N(C)S(=O)c3cccc(OC)c3)cc2oc1=O. The number of anilines is 1. The fourth-order valence-corrected chi connectivity index (χ4v) is 4.41. The smallest absolute Gasteiger partial charge is 0.351 e. The van der Waals surface area contributed by atoms with Gasteiger partial charge in [0.1, 0.15) is 16.3 Å². The van der Waals surface area contributed by atoms with Crippen molar-refractivity contribution in [2.45, 2.75) is 4.90 Å². The minimum absolute atomic E-state index is 0.176. The third-order valence-corrected chi connectivity index (χ3v) is 6.22. The third kappa shape index (κ3) is 3.35. The molecule has 136 valence electrons. The summed E-state index contributed by atoms with van der Waals surface area (Å²) in [7, 11) is 2.91. The Hall–Kier alpha value is -2.65. The van der Waals surface area contributed by atoms with E-state index in [9.17, 15) is 13.8 Å². The number of esters is 1. The van der Waals surface area contributed by atoms with Gasteiger partial charge >= 0.3 is 11.6 Å². The highest BCUT2D eigenvalue weighted by Crippen LogP contribution is 2.33. The number of rotatable bonds is 5. The van der Waals surface area contributed by atoms with Crippen LogP contribution in [0.2, 0.25) is 0 Å². The zero-order chi connectivity index (χ0) is 18.8. The number of fused-ring (bicyclic) bond motifs is 1. The molecule has 0 amide bonds. The van der Waals surface area contributed by atoms with E-state index in [0.29, 0.717) is 25.9 Å². The highest BCUT2D eigenvalue weighted by molar-refractivity contribution is 7.86. The lowest BCUT2D eigenvalue weighted by molar-refractivity contribution is 0.0596. The Labute approximate surface area is 155 Å². The van der Waals surface area contributed by atoms with Crippen molar-refractivity contribution in [3.63, 3.8) is 0 Å². The average molecular weight is 393 g/mol. The maximum Gasteiger partial charge on any atom is 0.351 e. The summed E-state index contributed by atoms with van der Waals surface area (Å²) in [5.74, 6) is -0.154. The molecule has 0 saturated heterocycles. The van der Waals surface area contributed by atoms with Crippen LogP contribution in [0.25, 0.3) is 10.3 Å². The molecule has 2 heterocycles. The lowest BCUT2D eigenvalue weighted by Gasteiger charge is -2.15. The molecule has 0 saturated carbocycles. The van der Waals surface area contributed by atoms with Crippen LogP contribution in [0.15, 0.2) is 50.5 Å². The van der Waals surface area contributed by atoms with Crippen molar-refractivity contribution in [3.8, 4) is 5.75 Å². The Morgan fingerprint density at radius 2 is 2.00 bits per heavy atom. The molecule has 0 radical (unpaired) electrons. The summed E-state index contributed by atoms with van der Waals surface area (Å²) >= 11 is 1.25. The van der Waals surface area contributed by atoms with E-state index in [1.54, 1.807) is 48.8 Å². The Morgan fingerprint density at radius 1 is 1.23 bits per heavy atom. The van der Waals surface area contributed by atoms with Gasteiger partial charge in [-0.25, -0.2) is 13.8 Å². The van der Waals surface area contributed by atoms with Gasteiger partial charge in [0.05, 0.1) is 23.8 Å². The fraction of sp³-hybridized carbons (Fsp3) is 0.176. The van der Waals surface area contributed by atoms with Crippen LogP contribution in [0.3, 0.4) is 0 Å². The van der Waals surface area contributed by atoms with Gasteiger partial charge in [-0.3, -0.25) is 4.31 Å². The van der Waals surface area contributed by atoms with Crippen molar-refractivity contribution in [1.29, 1.82) is 0 Å². The van der Waals surface area contributed by atoms with Gasteiger partial charge in [0, 0.05) is 13.1 Å². The van der Waals surface area contributed by atoms with Crippen LogP contribution in [-0.2, 0) is 15.7 Å². The van der Waals surface area contributed by atoms with E-state index in [0.717, 1.165) is 0 Å². The molecule has 1 unspecified atom stereocenters. The van der Waals surface area contributed by atoms with Crippen LogP contribution >= 0.6 is 11.3 Å². The van der Waals surface area contributed by atoms with Crippen LogP contribution < -0.4 is 14.7 Å². The number of benzene rings is 1. The van der Waals surface area contributed by atoms with Gasteiger partial charge in [-0.1, -0.05) is 6.07 Å². The summed E-state index contributed by atoms with van der Waals surface area (Å²) in [4.78, 5) is 24.1. The highest BCUT2D eigenvalue weighted by atomic mass is 32.2. The molecule has 0 N–H and O–H groups in total. The molecule has 0 fully saturated rings. The predicted molar refractivity (Wildman–Crippen MR) is 99.5 cm³/mol. The molecule has 0 aliphatic heterocycles. The molecule has 2 aromatic heterocycles. The van der Waals surface area contributed by atoms with Crippen molar-refractivity contribution >= 4 is 43.6 Å². The lowest BCUT2D eigenvalue weighted by atomic mass is 10.3. The third-order valence-electron chi connectivity index (χ3n) is 3.62. The molecule has 3 rings (SSSR count). The minimum Gasteiger partial charge on any atom is -0.497 e. The second-order valence-electron chi connectivity index (χ2n) is 5.18. The van der Waals surface area contributed by atoms with Crippen LogP contribution in [0, 0.1) is 0 Å². The van der Waals surface area contributed by atoms with Gasteiger partial charge in [-0.15, -0.1) is 11.3 Å². The molecular formula is C17H15NO6S2. The zero-order valence-electron chi connectivity index (χ0n) is 14.2. The van der Waals surface area contributed by atoms with Crippen molar-refractivity contribution < 1.29 is 22.9 Å². The summed E-state index contributed by atoms with van der Waals surface area (Å²) in [6.07, 6.45) is 0. The number of carbonyl (C=O) groups excluding carboxylic acids is 1. The molecule has 7 nitrogen and oxygen atoms in total. The van der Waals surface area contributed by atoms with E-state index >= 15 is 0 Å². The van der Waals surface area contributed by atoms with E-state index in [-0.39, 0.29) is 5.56 Å². The van der Waals surface area contributed by atoms with Crippen molar-refractivity contribution in [1.82, 2.24) is 0 Å². The number of nitrogens with zero attached hydrogens (tertiary/aromatic N) is 1. The first-order valence-electron chi connectivity index (χ1n) is 7.40. The topological polar surface area (TPSA) is 86.1 Å². The molecule has 9 heteroatoms. The van der Waals surface area contributed by atoms with E-state index in [1.165, 1.54) is 24.5 Å². The molecule has 0 spiro atoms. The molecule has 0 aliphatic rings. The van der Waals surface area contributed by atoms with Gasteiger partial charge in [0.2, 0.25) is 0 Å². The maximum absolute atomic E-state index is 12.8. The summed E-state index contributed by atoms with van der Waals surface area (Å²) in [6.45, 7) is 0. The van der Waals surface area contributed by atoms with Gasteiger partial charge in [-0.05, 0) is 24.3 Å². The molecule has 1 atom stereocenters. The number of hydrogen-bond acceptors (Lipinski definition) is 7. The maximum atomic E-state index is 12.8. The Bertz CT molecular complexity index is 1050. The molecule has 1 aromatic carbocycles. The number of methoxy groups -OCH3 is 2. The number of carbonyl (C=O) groups is 1. The lowest BCUT2D eigenvalue weighted by Crippen LogP contribution is -2.19. The zero-order valence-corrected chi connectivity index (χ0v) is 15.8. The molecule has 0 bridgehead atoms. The van der Waals surface area contributed by atoms with Gasteiger partial charge in [-0.2, -0.15) is 0 Å². The first-order valence-corrected chi connectivity index (χ1v) is 9.32. The van der Waals surface area contributed by atoms with Crippen molar-refractivity contribution in [2.75, 3.05) is 25.6 Å². The molecule has 3 aromatic rings. The number of ether oxygens (including phenoxy) is 2. The second-order valence-corrected chi connectivity index (χ2v) is 7.76. The van der Waals surface area contributed by atoms with E-state index in [4.69, 9.17) is 9.15 Å². The minimum atomic E-state index is -1.49. The Kier molecular flexibility index (Phi) is 5.10. The Morgan fingerprint density at radius 3 is 2.69 bits per heavy atom. The monoisotopic (exact) mass is 393 g/mol. The first-order chi connectivity index (χ1) is 12.4. The van der Waals surface area contributed by atoms with Crippen molar-refractivity contribution in [3.05, 3.63) is 52.4 Å². The molecule has 0 aliphatic carbocycles. The highest BCUT2D eigenvalue weighted by Gasteiger charge is 2.19. The average Bonchev–Trinajstić information content (AvgIpc) is 3.08. The molecule has 26 heavy (non-hydrogen) atoms. The summed E-state index contributed by atoms with van der Waals surface area (Å²) in [5, 5.41) is 0.617. The van der Waals surface area contributed by atoms with Gasteiger partial charge in [0.25, 0.3) is 0 Å². The van der Waals surface area contributed by atoms with Crippen molar-refractivity contribution in [2.24, 2.45) is 0 Å². The summed E-state index contributed by atoms with van der Waals surface area (Å²) in [6, 6.07) is 9.98. The normalized spacial score (nSPS) is 12.0.